The van der Waals surface area contributed by atoms with Crippen LogP contribution in [0.3, 0.4) is 0 Å². The molecule has 112 valence electrons. The molecule has 1 aliphatic carbocycles. The number of hydrogen-bond donors (Lipinski definition) is 1. The molecule has 0 amide bonds. The van der Waals surface area contributed by atoms with Gasteiger partial charge in [-0.1, -0.05) is 31.9 Å². The Morgan fingerprint density at radius 3 is 2.90 bits per heavy atom. The maximum absolute atomic E-state index is 4.18. The van der Waals surface area contributed by atoms with Crippen LogP contribution in [-0.4, -0.2) is 20.8 Å². The zero-order valence-corrected chi connectivity index (χ0v) is 12.9. The van der Waals surface area contributed by atoms with E-state index in [1.165, 1.54) is 37.8 Å². The minimum absolute atomic E-state index is 0.602. The van der Waals surface area contributed by atoms with Gasteiger partial charge in [-0.05, 0) is 37.3 Å². The van der Waals surface area contributed by atoms with Crippen molar-refractivity contribution >= 4 is 5.69 Å². The number of nitrogens with one attached hydrogen (secondary N) is 1. The van der Waals surface area contributed by atoms with Crippen LogP contribution in [0.5, 0.6) is 0 Å². The Hall–Kier alpha value is -1.84. The van der Waals surface area contributed by atoms with E-state index in [1.807, 2.05) is 11.6 Å². The summed E-state index contributed by atoms with van der Waals surface area (Å²) in [5, 5.41) is 11.8. The summed E-state index contributed by atoms with van der Waals surface area (Å²) in [7, 11) is 1.97. The summed E-state index contributed by atoms with van der Waals surface area (Å²) in [6.07, 6.45) is 8.33. The van der Waals surface area contributed by atoms with Crippen LogP contribution in [0.25, 0.3) is 11.4 Å². The van der Waals surface area contributed by atoms with Gasteiger partial charge < -0.3 is 9.88 Å². The molecule has 4 heteroatoms. The third kappa shape index (κ3) is 3.43. The lowest BCUT2D eigenvalue weighted by Crippen LogP contribution is -2.18. The van der Waals surface area contributed by atoms with Crippen molar-refractivity contribution in [2.75, 3.05) is 5.32 Å². The first-order chi connectivity index (χ1) is 10.2. The van der Waals surface area contributed by atoms with Crippen LogP contribution >= 0.6 is 0 Å². The van der Waals surface area contributed by atoms with E-state index in [2.05, 4.69) is 46.7 Å². The zero-order chi connectivity index (χ0) is 14.7. The van der Waals surface area contributed by atoms with Gasteiger partial charge in [0.15, 0.2) is 5.82 Å². The number of anilines is 1. The lowest BCUT2D eigenvalue weighted by atomic mass is 10.0. The number of hydrogen-bond acceptors (Lipinski definition) is 3. The van der Waals surface area contributed by atoms with Gasteiger partial charge in [-0.3, -0.25) is 0 Å². The van der Waals surface area contributed by atoms with E-state index in [1.54, 1.807) is 6.33 Å². The van der Waals surface area contributed by atoms with Gasteiger partial charge >= 0.3 is 0 Å². The predicted molar refractivity (Wildman–Crippen MR) is 86.1 cm³/mol. The summed E-state index contributed by atoms with van der Waals surface area (Å²) < 4.78 is 1.95. The van der Waals surface area contributed by atoms with E-state index in [4.69, 9.17) is 0 Å². The average molecular weight is 284 g/mol. The van der Waals surface area contributed by atoms with E-state index >= 15 is 0 Å². The van der Waals surface area contributed by atoms with Crippen molar-refractivity contribution in [3.8, 4) is 11.4 Å². The van der Waals surface area contributed by atoms with Crippen LogP contribution < -0.4 is 5.32 Å². The van der Waals surface area contributed by atoms with Gasteiger partial charge in [0, 0.05) is 24.3 Å². The number of nitrogens with zero attached hydrogens (tertiary/aromatic N) is 3. The van der Waals surface area contributed by atoms with E-state index in [0.717, 1.165) is 17.3 Å². The minimum atomic E-state index is 0.602. The molecule has 0 bridgehead atoms. The highest BCUT2D eigenvalue weighted by molar-refractivity contribution is 5.62. The number of rotatable bonds is 3. The molecule has 0 aliphatic heterocycles. The highest BCUT2D eigenvalue weighted by atomic mass is 15.2. The van der Waals surface area contributed by atoms with Gasteiger partial charge in [0.05, 0.1) is 0 Å². The molecule has 21 heavy (non-hydrogen) atoms. The Kier molecular flexibility index (Phi) is 4.23. The molecule has 1 fully saturated rings. The molecule has 2 aromatic rings. The average Bonchev–Trinajstić information content (AvgIpc) is 2.80. The van der Waals surface area contributed by atoms with Gasteiger partial charge in [-0.15, -0.1) is 10.2 Å². The van der Waals surface area contributed by atoms with Crippen LogP contribution in [0.2, 0.25) is 0 Å². The highest BCUT2D eigenvalue weighted by Gasteiger charge is 2.16. The molecule has 1 N–H and O–H groups in total. The first-order valence-electron chi connectivity index (χ1n) is 7.93. The lowest BCUT2D eigenvalue weighted by Gasteiger charge is -2.18. The fraction of sp³-hybridized carbons (Fsp3) is 0.529. The Morgan fingerprint density at radius 2 is 2.10 bits per heavy atom. The predicted octanol–water partition coefficient (Wildman–Crippen LogP) is 3.86. The normalized spacial score (nSPS) is 22.8. The van der Waals surface area contributed by atoms with Crippen LogP contribution in [0.1, 0.15) is 39.0 Å². The Morgan fingerprint density at radius 1 is 1.19 bits per heavy atom. The quantitative estimate of drug-likeness (QED) is 0.870. The largest absolute Gasteiger partial charge is 0.382 e. The molecule has 1 aromatic carbocycles. The van der Waals surface area contributed by atoms with Gasteiger partial charge in [0.1, 0.15) is 6.33 Å². The number of aromatic nitrogens is 3. The molecule has 1 aliphatic rings. The Labute approximate surface area is 126 Å². The molecule has 2 unspecified atom stereocenters. The van der Waals surface area contributed by atoms with Gasteiger partial charge in [-0.25, -0.2) is 0 Å². The van der Waals surface area contributed by atoms with E-state index < -0.39 is 0 Å². The molecule has 4 nitrogen and oxygen atoms in total. The smallest absolute Gasteiger partial charge is 0.163 e. The molecule has 0 saturated heterocycles. The van der Waals surface area contributed by atoms with Gasteiger partial charge in [0.25, 0.3) is 0 Å². The Balaban J connectivity index is 1.73. The van der Waals surface area contributed by atoms with E-state index in [0.29, 0.717) is 6.04 Å². The SMILES string of the molecule is CC1CCCC(Nc2cccc(-c3nncn3C)c2)CC1. The molecular formula is C17H24N4. The molecule has 0 spiro atoms. The fourth-order valence-corrected chi connectivity index (χ4v) is 3.16. The third-order valence-corrected chi connectivity index (χ3v) is 4.46. The minimum Gasteiger partial charge on any atom is -0.382 e. The lowest BCUT2D eigenvalue weighted by molar-refractivity contribution is 0.502. The summed E-state index contributed by atoms with van der Waals surface area (Å²) in [6, 6.07) is 9.10. The first-order valence-corrected chi connectivity index (χ1v) is 7.93. The van der Waals surface area contributed by atoms with Crippen LogP contribution in [-0.2, 0) is 7.05 Å². The van der Waals surface area contributed by atoms with Crippen LogP contribution in [0.4, 0.5) is 5.69 Å². The van der Waals surface area contributed by atoms with Crippen molar-refractivity contribution in [3.63, 3.8) is 0 Å². The topological polar surface area (TPSA) is 42.7 Å². The third-order valence-electron chi connectivity index (χ3n) is 4.46. The van der Waals surface area contributed by atoms with Crippen molar-refractivity contribution in [2.45, 2.75) is 45.1 Å². The summed E-state index contributed by atoms with van der Waals surface area (Å²) in [5.41, 5.74) is 2.30. The second-order valence-electron chi connectivity index (χ2n) is 6.30. The summed E-state index contributed by atoms with van der Waals surface area (Å²) in [6.45, 7) is 2.37. The maximum Gasteiger partial charge on any atom is 0.163 e. The molecule has 1 heterocycles. The molecule has 2 atom stereocenters. The Bertz CT molecular complexity index is 590. The van der Waals surface area contributed by atoms with Crippen molar-refractivity contribution in [3.05, 3.63) is 30.6 Å². The molecule has 3 rings (SSSR count). The number of aryl methyl sites for hydroxylation is 1. The molecular weight excluding hydrogens is 260 g/mol. The van der Waals surface area contributed by atoms with Crippen molar-refractivity contribution < 1.29 is 0 Å². The second kappa shape index (κ2) is 6.29. The number of benzene rings is 1. The van der Waals surface area contributed by atoms with Gasteiger partial charge in [-0.2, -0.15) is 0 Å². The fourth-order valence-electron chi connectivity index (χ4n) is 3.16. The second-order valence-corrected chi connectivity index (χ2v) is 6.30. The van der Waals surface area contributed by atoms with Crippen molar-refractivity contribution in [2.24, 2.45) is 13.0 Å². The van der Waals surface area contributed by atoms with E-state index in [9.17, 15) is 0 Å². The first kappa shape index (κ1) is 14.1. The van der Waals surface area contributed by atoms with Crippen molar-refractivity contribution in [1.29, 1.82) is 0 Å². The molecule has 1 aromatic heterocycles. The van der Waals surface area contributed by atoms with Gasteiger partial charge in [0.2, 0.25) is 0 Å². The standard InChI is InChI=1S/C17H24N4/c1-13-5-3-7-15(10-9-13)19-16-8-4-6-14(11-16)17-20-18-12-21(17)2/h4,6,8,11-13,15,19H,3,5,7,9-10H2,1-2H3. The zero-order valence-electron chi connectivity index (χ0n) is 12.9. The maximum atomic E-state index is 4.18. The summed E-state index contributed by atoms with van der Waals surface area (Å²) in [4.78, 5) is 0. The molecule has 0 radical (unpaired) electrons. The highest BCUT2D eigenvalue weighted by Crippen LogP contribution is 2.26. The van der Waals surface area contributed by atoms with Crippen LogP contribution in [0, 0.1) is 5.92 Å². The summed E-state index contributed by atoms with van der Waals surface area (Å²) >= 11 is 0. The monoisotopic (exact) mass is 284 g/mol. The van der Waals surface area contributed by atoms with E-state index in [-0.39, 0.29) is 0 Å². The van der Waals surface area contributed by atoms with Crippen LogP contribution in [0.15, 0.2) is 30.6 Å². The summed E-state index contributed by atoms with van der Waals surface area (Å²) in [5.74, 6) is 1.79. The van der Waals surface area contributed by atoms with Crippen molar-refractivity contribution in [1.82, 2.24) is 14.8 Å². The molecule has 1 saturated carbocycles.